The molecule has 0 spiro atoms. The largest absolute Gasteiger partial charge is 0.395 e. The van der Waals surface area contributed by atoms with Gasteiger partial charge in [0.2, 0.25) is 0 Å². The van der Waals surface area contributed by atoms with Gasteiger partial charge in [-0.2, -0.15) is 0 Å². The Bertz CT molecular complexity index is 405. The van der Waals surface area contributed by atoms with Crippen molar-refractivity contribution in [2.75, 3.05) is 18.1 Å². The van der Waals surface area contributed by atoms with Crippen molar-refractivity contribution in [2.24, 2.45) is 5.73 Å². The molecule has 0 radical (unpaired) electrons. The van der Waals surface area contributed by atoms with Gasteiger partial charge in [-0.25, -0.2) is 4.39 Å². The molecular formula is C14H21FN2O. The fourth-order valence-electron chi connectivity index (χ4n) is 2.49. The molecule has 3 nitrogen and oxygen atoms in total. The SMILES string of the molecule is C[C@H](N)c1cccc(F)c1N(CCO)C1CCC1. The van der Waals surface area contributed by atoms with E-state index in [9.17, 15) is 9.50 Å². The van der Waals surface area contributed by atoms with E-state index in [2.05, 4.69) is 0 Å². The summed E-state index contributed by atoms with van der Waals surface area (Å²) in [7, 11) is 0. The van der Waals surface area contributed by atoms with Crippen LogP contribution in [-0.4, -0.2) is 24.3 Å². The van der Waals surface area contributed by atoms with Crippen LogP contribution in [0, 0.1) is 5.82 Å². The van der Waals surface area contributed by atoms with Crippen LogP contribution in [0.4, 0.5) is 10.1 Å². The zero-order chi connectivity index (χ0) is 13.1. The van der Waals surface area contributed by atoms with Gasteiger partial charge in [0.15, 0.2) is 0 Å². The fraction of sp³-hybridized carbons (Fsp3) is 0.571. The van der Waals surface area contributed by atoms with Gasteiger partial charge in [0.25, 0.3) is 0 Å². The zero-order valence-electron chi connectivity index (χ0n) is 10.8. The molecule has 2 rings (SSSR count). The van der Waals surface area contributed by atoms with Crippen molar-refractivity contribution in [1.82, 2.24) is 0 Å². The monoisotopic (exact) mass is 252 g/mol. The van der Waals surface area contributed by atoms with E-state index in [0.29, 0.717) is 18.3 Å². The van der Waals surface area contributed by atoms with E-state index in [1.165, 1.54) is 12.5 Å². The third-order valence-electron chi connectivity index (χ3n) is 3.65. The Morgan fingerprint density at radius 1 is 1.50 bits per heavy atom. The first-order valence-electron chi connectivity index (χ1n) is 6.56. The number of hydrogen-bond donors (Lipinski definition) is 2. The zero-order valence-corrected chi connectivity index (χ0v) is 10.8. The molecule has 1 fully saturated rings. The standard InChI is InChI=1S/C14H21FN2O/c1-10(16)12-6-3-7-13(15)14(12)17(8-9-18)11-4-2-5-11/h3,6-7,10-11,18H,2,4-5,8-9,16H2,1H3/t10-/m0/s1. The maximum atomic E-state index is 14.1. The van der Waals surface area contributed by atoms with Crippen molar-refractivity contribution in [3.05, 3.63) is 29.6 Å². The quantitative estimate of drug-likeness (QED) is 0.844. The van der Waals surface area contributed by atoms with Crippen molar-refractivity contribution < 1.29 is 9.50 Å². The maximum Gasteiger partial charge on any atom is 0.146 e. The molecule has 100 valence electrons. The molecule has 1 saturated carbocycles. The van der Waals surface area contributed by atoms with Crippen LogP contribution < -0.4 is 10.6 Å². The molecule has 1 aromatic carbocycles. The smallest absolute Gasteiger partial charge is 0.146 e. The van der Waals surface area contributed by atoms with E-state index in [-0.39, 0.29) is 18.5 Å². The van der Waals surface area contributed by atoms with Gasteiger partial charge in [-0.15, -0.1) is 0 Å². The summed E-state index contributed by atoms with van der Waals surface area (Å²) in [6.45, 7) is 2.35. The number of hydrogen-bond acceptors (Lipinski definition) is 3. The number of halogens is 1. The van der Waals surface area contributed by atoms with Crippen LogP contribution in [0.25, 0.3) is 0 Å². The Morgan fingerprint density at radius 3 is 2.72 bits per heavy atom. The molecule has 0 bridgehead atoms. The lowest BCUT2D eigenvalue weighted by Crippen LogP contribution is -2.43. The number of rotatable bonds is 5. The second kappa shape index (κ2) is 5.67. The van der Waals surface area contributed by atoms with Crippen LogP contribution >= 0.6 is 0 Å². The van der Waals surface area contributed by atoms with Crippen LogP contribution in [0.5, 0.6) is 0 Å². The fourth-order valence-corrected chi connectivity index (χ4v) is 2.49. The normalized spacial score (nSPS) is 17.3. The lowest BCUT2D eigenvalue weighted by atomic mass is 9.90. The summed E-state index contributed by atoms with van der Waals surface area (Å²) in [6, 6.07) is 5.15. The highest BCUT2D eigenvalue weighted by molar-refractivity contribution is 5.57. The summed E-state index contributed by atoms with van der Waals surface area (Å²) in [4.78, 5) is 1.98. The Kier molecular flexibility index (Phi) is 4.19. The Hall–Kier alpha value is -1.13. The molecule has 1 aliphatic carbocycles. The number of aliphatic hydroxyl groups excluding tert-OH is 1. The molecule has 3 N–H and O–H groups in total. The van der Waals surface area contributed by atoms with Gasteiger partial charge in [0.05, 0.1) is 12.3 Å². The number of benzene rings is 1. The van der Waals surface area contributed by atoms with Gasteiger partial charge < -0.3 is 15.7 Å². The van der Waals surface area contributed by atoms with E-state index in [1.54, 1.807) is 6.07 Å². The average Bonchev–Trinajstić information content (AvgIpc) is 2.25. The van der Waals surface area contributed by atoms with Crippen molar-refractivity contribution in [1.29, 1.82) is 0 Å². The van der Waals surface area contributed by atoms with Crippen LogP contribution in [0.3, 0.4) is 0 Å². The number of nitrogens with two attached hydrogens (primary N) is 1. The minimum Gasteiger partial charge on any atom is -0.395 e. The third kappa shape index (κ3) is 2.49. The minimum atomic E-state index is -0.245. The molecule has 4 heteroatoms. The summed E-state index contributed by atoms with van der Waals surface area (Å²) < 4.78 is 14.1. The van der Waals surface area contributed by atoms with E-state index in [4.69, 9.17) is 5.73 Å². The maximum absolute atomic E-state index is 14.1. The highest BCUT2D eigenvalue weighted by atomic mass is 19.1. The van der Waals surface area contributed by atoms with Gasteiger partial charge in [-0.05, 0) is 37.8 Å². The molecule has 0 heterocycles. The van der Waals surface area contributed by atoms with Crippen molar-refractivity contribution >= 4 is 5.69 Å². The molecule has 0 saturated heterocycles. The number of nitrogens with zero attached hydrogens (tertiary/aromatic N) is 1. The third-order valence-corrected chi connectivity index (χ3v) is 3.65. The van der Waals surface area contributed by atoms with Gasteiger partial charge in [-0.1, -0.05) is 12.1 Å². The first-order valence-corrected chi connectivity index (χ1v) is 6.56. The number of anilines is 1. The van der Waals surface area contributed by atoms with Crippen LogP contribution in [0.15, 0.2) is 18.2 Å². The van der Waals surface area contributed by atoms with Crippen molar-refractivity contribution in [3.63, 3.8) is 0 Å². The molecule has 0 aliphatic heterocycles. The van der Waals surface area contributed by atoms with Gasteiger partial charge >= 0.3 is 0 Å². The molecule has 1 aliphatic rings. The van der Waals surface area contributed by atoms with E-state index >= 15 is 0 Å². The molecule has 0 aromatic heterocycles. The molecule has 0 amide bonds. The minimum absolute atomic E-state index is 0.0310. The first kappa shape index (κ1) is 13.3. The van der Waals surface area contributed by atoms with Crippen LogP contribution in [0.1, 0.15) is 37.8 Å². The predicted octanol–water partition coefficient (Wildman–Crippen LogP) is 2.20. The average molecular weight is 252 g/mol. The van der Waals surface area contributed by atoms with Crippen molar-refractivity contribution in [2.45, 2.75) is 38.3 Å². The van der Waals surface area contributed by atoms with Gasteiger partial charge in [-0.3, -0.25) is 0 Å². The molecule has 1 atom stereocenters. The second-order valence-electron chi connectivity index (χ2n) is 4.97. The Labute approximate surface area is 107 Å². The first-order chi connectivity index (χ1) is 8.65. The van der Waals surface area contributed by atoms with E-state index in [1.807, 2.05) is 17.9 Å². The molecule has 0 unspecified atom stereocenters. The lowest BCUT2D eigenvalue weighted by molar-refractivity contribution is 0.282. The summed E-state index contributed by atoms with van der Waals surface area (Å²) in [5, 5.41) is 9.19. The topological polar surface area (TPSA) is 49.5 Å². The van der Waals surface area contributed by atoms with Gasteiger partial charge in [0, 0.05) is 18.6 Å². The van der Waals surface area contributed by atoms with E-state index < -0.39 is 0 Å². The van der Waals surface area contributed by atoms with E-state index in [0.717, 1.165) is 18.4 Å². The number of aliphatic hydroxyl groups is 1. The highest BCUT2D eigenvalue weighted by Gasteiger charge is 2.28. The molecular weight excluding hydrogens is 231 g/mol. The summed E-state index contributed by atoms with van der Waals surface area (Å²) in [5.41, 5.74) is 7.31. The highest BCUT2D eigenvalue weighted by Crippen LogP contribution is 2.35. The number of para-hydroxylation sites is 1. The summed E-state index contributed by atoms with van der Waals surface area (Å²) >= 11 is 0. The molecule has 18 heavy (non-hydrogen) atoms. The van der Waals surface area contributed by atoms with Crippen LogP contribution in [-0.2, 0) is 0 Å². The Balaban J connectivity index is 2.38. The molecule has 1 aromatic rings. The van der Waals surface area contributed by atoms with Crippen molar-refractivity contribution in [3.8, 4) is 0 Å². The lowest BCUT2D eigenvalue weighted by Gasteiger charge is -2.40. The van der Waals surface area contributed by atoms with Crippen LogP contribution in [0.2, 0.25) is 0 Å². The van der Waals surface area contributed by atoms with Gasteiger partial charge in [0.1, 0.15) is 5.82 Å². The second-order valence-corrected chi connectivity index (χ2v) is 4.97. The summed E-state index contributed by atoms with van der Waals surface area (Å²) in [6.07, 6.45) is 3.30. The predicted molar refractivity (Wildman–Crippen MR) is 71.1 cm³/mol. The Morgan fingerprint density at radius 2 is 2.22 bits per heavy atom. The summed E-state index contributed by atoms with van der Waals surface area (Å²) in [5.74, 6) is -0.245.